The third kappa shape index (κ3) is 4.92. The van der Waals surface area contributed by atoms with E-state index in [0.29, 0.717) is 36.7 Å². The number of halogens is 1. The van der Waals surface area contributed by atoms with Crippen LogP contribution in [0.4, 0.5) is 14.9 Å². The first-order valence-corrected chi connectivity index (χ1v) is 8.57. The Morgan fingerprint density at radius 3 is 2.79 bits per heavy atom. The first kappa shape index (κ1) is 18.7. The number of hydrogen-bond acceptors (Lipinski definition) is 3. The second kappa shape index (κ2) is 8.44. The van der Waals surface area contributed by atoms with Gasteiger partial charge in [0.1, 0.15) is 5.82 Å². The molecule has 1 aliphatic heterocycles. The number of nitrogens with zero attached hydrogens (tertiary/aromatic N) is 2. The number of benzene rings is 1. The standard InChI is InChI=1S/C18H28FN3O2/c1-13(2)11-21-7-8-22(12-16(21)6-9-23)18(24)20-17-5-4-15(19)10-14(17)3/h4-5,10,13,16,23H,6-9,11-12H2,1-3H3,(H,20,24)/t16-/m1/s1. The van der Waals surface area contributed by atoms with Gasteiger partial charge in [0.25, 0.3) is 0 Å². The summed E-state index contributed by atoms with van der Waals surface area (Å²) in [6, 6.07) is 4.34. The van der Waals surface area contributed by atoms with E-state index in [9.17, 15) is 14.3 Å². The first-order valence-electron chi connectivity index (χ1n) is 8.57. The van der Waals surface area contributed by atoms with E-state index in [0.717, 1.165) is 13.1 Å². The van der Waals surface area contributed by atoms with Crippen molar-refractivity contribution >= 4 is 11.7 Å². The molecule has 1 aliphatic rings. The van der Waals surface area contributed by atoms with E-state index in [2.05, 4.69) is 24.1 Å². The van der Waals surface area contributed by atoms with Crippen molar-refractivity contribution in [1.82, 2.24) is 9.80 Å². The molecule has 2 N–H and O–H groups in total. The van der Waals surface area contributed by atoms with E-state index in [1.54, 1.807) is 17.9 Å². The third-order valence-electron chi connectivity index (χ3n) is 4.38. The van der Waals surface area contributed by atoms with Crippen molar-refractivity contribution in [2.24, 2.45) is 5.92 Å². The molecule has 1 heterocycles. The Kier molecular flexibility index (Phi) is 6.57. The number of amides is 2. The summed E-state index contributed by atoms with van der Waals surface area (Å²) < 4.78 is 13.2. The molecule has 1 aromatic carbocycles. The van der Waals surface area contributed by atoms with Crippen LogP contribution in [0.25, 0.3) is 0 Å². The normalized spacial score (nSPS) is 18.9. The topological polar surface area (TPSA) is 55.8 Å². The lowest BCUT2D eigenvalue weighted by atomic mass is 10.1. The molecule has 2 amide bonds. The minimum atomic E-state index is -0.309. The number of hydrogen-bond donors (Lipinski definition) is 2. The van der Waals surface area contributed by atoms with Gasteiger partial charge in [0, 0.05) is 44.5 Å². The molecule has 0 unspecified atom stereocenters. The van der Waals surface area contributed by atoms with Gasteiger partial charge in [0.15, 0.2) is 0 Å². The first-order chi connectivity index (χ1) is 11.4. The minimum absolute atomic E-state index is 0.117. The zero-order valence-electron chi connectivity index (χ0n) is 14.8. The predicted octanol–water partition coefficient (Wildman–Crippen LogP) is 2.69. The van der Waals surface area contributed by atoms with Gasteiger partial charge in [-0.25, -0.2) is 9.18 Å². The van der Waals surface area contributed by atoms with Gasteiger partial charge in [-0.15, -0.1) is 0 Å². The molecule has 0 saturated carbocycles. The van der Waals surface area contributed by atoms with Crippen LogP contribution < -0.4 is 5.32 Å². The number of anilines is 1. The monoisotopic (exact) mass is 337 g/mol. The highest BCUT2D eigenvalue weighted by molar-refractivity contribution is 5.90. The zero-order chi connectivity index (χ0) is 17.7. The fraction of sp³-hybridized carbons (Fsp3) is 0.611. The maximum atomic E-state index is 13.2. The highest BCUT2D eigenvalue weighted by Gasteiger charge is 2.29. The van der Waals surface area contributed by atoms with E-state index in [1.165, 1.54) is 12.1 Å². The van der Waals surface area contributed by atoms with Crippen molar-refractivity contribution in [2.75, 3.05) is 38.1 Å². The SMILES string of the molecule is Cc1cc(F)ccc1NC(=O)N1CCN(CC(C)C)[C@H](CCO)C1. The van der Waals surface area contributed by atoms with Gasteiger partial charge in [0.2, 0.25) is 0 Å². The molecule has 1 atom stereocenters. The number of aryl methyl sites for hydroxylation is 1. The van der Waals surface area contributed by atoms with Crippen LogP contribution in [0.3, 0.4) is 0 Å². The smallest absolute Gasteiger partial charge is 0.321 e. The van der Waals surface area contributed by atoms with Crippen LogP contribution in [-0.4, -0.2) is 59.8 Å². The number of nitrogens with one attached hydrogen (secondary N) is 1. The Bertz CT molecular complexity index is 565. The van der Waals surface area contributed by atoms with Crippen LogP contribution in [0.2, 0.25) is 0 Å². The lowest BCUT2D eigenvalue weighted by Crippen LogP contribution is -2.56. The summed E-state index contributed by atoms with van der Waals surface area (Å²) in [7, 11) is 0. The van der Waals surface area contributed by atoms with E-state index in [4.69, 9.17) is 0 Å². The maximum Gasteiger partial charge on any atom is 0.321 e. The van der Waals surface area contributed by atoms with Crippen molar-refractivity contribution in [3.63, 3.8) is 0 Å². The van der Waals surface area contributed by atoms with Gasteiger partial charge >= 0.3 is 6.03 Å². The van der Waals surface area contributed by atoms with Gasteiger partial charge in [-0.2, -0.15) is 0 Å². The number of aliphatic hydroxyl groups is 1. The lowest BCUT2D eigenvalue weighted by Gasteiger charge is -2.42. The number of carbonyl (C=O) groups excluding carboxylic acids is 1. The van der Waals surface area contributed by atoms with Gasteiger partial charge in [-0.3, -0.25) is 4.90 Å². The van der Waals surface area contributed by atoms with Gasteiger partial charge in [0.05, 0.1) is 0 Å². The van der Waals surface area contributed by atoms with Gasteiger partial charge in [-0.05, 0) is 43.0 Å². The van der Waals surface area contributed by atoms with Crippen LogP contribution in [0.1, 0.15) is 25.8 Å². The Labute approximate surface area is 143 Å². The molecule has 0 aliphatic carbocycles. The molecule has 5 nitrogen and oxygen atoms in total. The van der Waals surface area contributed by atoms with E-state index < -0.39 is 0 Å². The van der Waals surface area contributed by atoms with Gasteiger partial charge < -0.3 is 15.3 Å². The number of carbonyl (C=O) groups is 1. The highest BCUT2D eigenvalue weighted by Crippen LogP contribution is 2.19. The molecule has 2 rings (SSSR count). The molecule has 134 valence electrons. The number of rotatable bonds is 5. The molecule has 0 radical (unpaired) electrons. The van der Waals surface area contributed by atoms with E-state index >= 15 is 0 Å². The van der Waals surface area contributed by atoms with Crippen molar-refractivity contribution < 1.29 is 14.3 Å². The zero-order valence-corrected chi connectivity index (χ0v) is 14.8. The molecule has 6 heteroatoms. The molecule has 24 heavy (non-hydrogen) atoms. The average Bonchev–Trinajstić information content (AvgIpc) is 2.51. The molecular weight excluding hydrogens is 309 g/mol. The summed E-state index contributed by atoms with van der Waals surface area (Å²) in [5.74, 6) is 0.240. The molecular formula is C18H28FN3O2. The van der Waals surface area contributed by atoms with Crippen molar-refractivity contribution in [1.29, 1.82) is 0 Å². The van der Waals surface area contributed by atoms with Crippen LogP contribution in [0.15, 0.2) is 18.2 Å². The minimum Gasteiger partial charge on any atom is -0.396 e. The van der Waals surface area contributed by atoms with Crippen LogP contribution in [0, 0.1) is 18.7 Å². The predicted molar refractivity (Wildman–Crippen MR) is 93.6 cm³/mol. The van der Waals surface area contributed by atoms with Crippen LogP contribution in [-0.2, 0) is 0 Å². The Morgan fingerprint density at radius 1 is 1.42 bits per heavy atom. The second-order valence-electron chi connectivity index (χ2n) is 6.89. The molecule has 1 saturated heterocycles. The summed E-state index contributed by atoms with van der Waals surface area (Å²) in [4.78, 5) is 16.7. The Hall–Kier alpha value is -1.66. The van der Waals surface area contributed by atoms with Crippen molar-refractivity contribution in [2.45, 2.75) is 33.2 Å². The van der Waals surface area contributed by atoms with Crippen molar-refractivity contribution in [3.05, 3.63) is 29.6 Å². The molecule has 0 bridgehead atoms. The second-order valence-corrected chi connectivity index (χ2v) is 6.89. The lowest BCUT2D eigenvalue weighted by molar-refractivity contribution is 0.0689. The van der Waals surface area contributed by atoms with E-state index in [1.807, 2.05) is 0 Å². The molecule has 1 fully saturated rings. The Balaban J connectivity index is 2.00. The number of urea groups is 1. The summed E-state index contributed by atoms with van der Waals surface area (Å²) in [6.45, 7) is 9.26. The van der Waals surface area contributed by atoms with Crippen LogP contribution in [0.5, 0.6) is 0 Å². The largest absolute Gasteiger partial charge is 0.396 e. The quantitative estimate of drug-likeness (QED) is 0.868. The number of piperazine rings is 1. The van der Waals surface area contributed by atoms with E-state index in [-0.39, 0.29) is 24.5 Å². The third-order valence-corrected chi connectivity index (χ3v) is 4.38. The summed E-state index contributed by atoms with van der Waals surface area (Å²) in [5, 5.41) is 12.2. The van der Waals surface area contributed by atoms with Crippen molar-refractivity contribution in [3.8, 4) is 0 Å². The fourth-order valence-electron chi connectivity index (χ4n) is 3.17. The fourth-order valence-corrected chi connectivity index (χ4v) is 3.17. The highest BCUT2D eigenvalue weighted by atomic mass is 19.1. The number of aliphatic hydroxyl groups excluding tert-OH is 1. The van der Waals surface area contributed by atoms with Crippen LogP contribution >= 0.6 is 0 Å². The summed E-state index contributed by atoms with van der Waals surface area (Å²) in [6.07, 6.45) is 0.659. The summed E-state index contributed by atoms with van der Waals surface area (Å²) >= 11 is 0. The maximum absolute atomic E-state index is 13.2. The average molecular weight is 337 g/mol. The molecule has 0 spiro atoms. The van der Waals surface area contributed by atoms with Gasteiger partial charge in [-0.1, -0.05) is 13.8 Å². The Morgan fingerprint density at radius 2 is 2.17 bits per heavy atom. The molecule has 0 aromatic heterocycles. The summed E-state index contributed by atoms with van der Waals surface area (Å²) in [5.41, 5.74) is 1.33. The molecule has 1 aromatic rings.